The summed E-state index contributed by atoms with van der Waals surface area (Å²) in [7, 11) is 3.35. The number of amides is 2. The molecule has 88 valence electrons. The first-order valence-electron chi connectivity index (χ1n) is 4.46. The van der Waals surface area contributed by atoms with Gasteiger partial charge in [0.2, 0.25) is 0 Å². The fourth-order valence-electron chi connectivity index (χ4n) is 1.02. The molecule has 0 saturated carbocycles. The minimum atomic E-state index is -0.993. The molecule has 0 bridgehead atoms. The number of carboxylic acids is 1. The molecular formula is C8H13N5O3. The van der Waals surface area contributed by atoms with E-state index in [1.54, 1.807) is 14.1 Å². The van der Waals surface area contributed by atoms with Crippen LogP contribution >= 0.6 is 0 Å². The number of rotatable bonds is 4. The lowest BCUT2D eigenvalue weighted by atomic mass is 10.5. The first-order valence-corrected chi connectivity index (χ1v) is 4.46. The predicted octanol–water partition coefficient (Wildman–Crippen LogP) is -0.434. The molecular weight excluding hydrogens is 214 g/mol. The van der Waals surface area contributed by atoms with Crippen molar-refractivity contribution in [2.75, 3.05) is 19.4 Å². The first kappa shape index (κ1) is 12.0. The number of urea groups is 1. The Morgan fingerprint density at radius 3 is 2.81 bits per heavy atom. The SMILES string of the molecule is CN(C)NC(=O)Nc1cnn(CC(=O)O)c1. The van der Waals surface area contributed by atoms with E-state index in [1.165, 1.54) is 22.1 Å². The van der Waals surface area contributed by atoms with E-state index in [0.717, 1.165) is 0 Å². The highest BCUT2D eigenvalue weighted by atomic mass is 16.4. The number of hydrogen-bond acceptors (Lipinski definition) is 4. The minimum absolute atomic E-state index is 0.239. The van der Waals surface area contributed by atoms with Crippen molar-refractivity contribution in [2.45, 2.75) is 6.54 Å². The Balaban J connectivity index is 2.51. The number of carbonyl (C=O) groups is 2. The molecule has 1 rings (SSSR count). The summed E-state index contributed by atoms with van der Waals surface area (Å²) in [6.45, 7) is -0.239. The highest BCUT2D eigenvalue weighted by Crippen LogP contribution is 2.03. The quantitative estimate of drug-likeness (QED) is 0.606. The van der Waals surface area contributed by atoms with Gasteiger partial charge in [-0.1, -0.05) is 0 Å². The topological polar surface area (TPSA) is 99.5 Å². The van der Waals surface area contributed by atoms with Gasteiger partial charge in [0.25, 0.3) is 0 Å². The maximum atomic E-state index is 11.2. The Bertz CT molecular complexity index is 387. The molecule has 0 aliphatic carbocycles. The van der Waals surface area contributed by atoms with E-state index in [-0.39, 0.29) is 6.54 Å². The summed E-state index contributed by atoms with van der Waals surface area (Å²) in [6.07, 6.45) is 2.81. The van der Waals surface area contributed by atoms with Crippen molar-refractivity contribution in [1.29, 1.82) is 0 Å². The fraction of sp³-hybridized carbons (Fsp3) is 0.375. The Kier molecular flexibility index (Phi) is 3.84. The average Bonchev–Trinajstić information content (AvgIpc) is 2.49. The van der Waals surface area contributed by atoms with Gasteiger partial charge in [0.15, 0.2) is 0 Å². The van der Waals surface area contributed by atoms with Crippen molar-refractivity contribution in [1.82, 2.24) is 20.2 Å². The maximum absolute atomic E-state index is 11.2. The number of nitrogens with one attached hydrogen (secondary N) is 2. The van der Waals surface area contributed by atoms with Crippen LogP contribution in [0.15, 0.2) is 12.4 Å². The second-order valence-electron chi connectivity index (χ2n) is 3.28. The number of nitrogens with zero attached hydrogens (tertiary/aromatic N) is 3. The second kappa shape index (κ2) is 5.12. The lowest BCUT2D eigenvalue weighted by molar-refractivity contribution is -0.137. The van der Waals surface area contributed by atoms with Crippen LogP contribution in [0.2, 0.25) is 0 Å². The third kappa shape index (κ3) is 3.96. The predicted molar refractivity (Wildman–Crippen MR) is 55.7 cm³/mol. The molecule has 0 radical (unpaired) electrons. The third-order valence-corrected chi connectivity index (χ3v) is 1.51. The molecule has 0 saturated heterocycles. The molecule has 0 fully saturated rings. The molecule has 0 atom stereocenters. The summed E-state index contributed by atoms with van der Waals surface area (Å²) in [5, 5.41) is 16.3. The van der Waals surface area contributed by atoms with Crippen molar-refractivity contribution in [2.24, 2.45) is 0 Å². The summed E-state index contributed by atoms with van der Waals surface area (Å²) < 4.78 is 1.22. The molecule has 8 heteroatoms. The van der Waals surface area contributed by atoms with Crippen LogP contribution in [0.5, 0.6) is 0 Å². The zero-order chi connectivity index (χ0) is 12.1. The summed E-state index contributed by atoms with van der Waals surface area (Å²) in [6, 6.07) is -0.417. The van der Waals surface area contributed by atoms with Gasteiger partial charge in [-0.2, -0.15) is 5.10 Å². The van der Waals surface area contributed by atoms with E-state index in [2.05, 4.69) is 15.8 Å². The lowest BCUT2D eigenvalue weighted by Gasteiger charge is -2.11. The molecule has 16 heavy (non-hydrogen) atoms. The van der Waals surface area contributed by atoms with Crippen LogP contribution in [-0.2, 0) is 11.3 Å². The number of carboxylic acid groups (broad SMARTS) is 1. The third-order valence-electron chi connectivity index (χ3n) is 1.51. The van der Waals surface area contributed by atoms with Crippen LogP contribution in [0.4, 0.5) is 10.5 Å². The molecule has 0 unspecified atom stereocenters. The Morgan fingerprint density at radius 2 is 2.25 bits per heavy atom. The van der Waals surface area contributed by atoms with Gasteiger partial charge in [0.05, 0.1) is 11.9 Å². The zero-order valence-electron chi connectivity index (χ0n) is 8.97. The zero-order valence-corrected chi connectivity index (χ0v) is 8.97. The number of aliphatic carboxylic acids is 1. The van der Waals surface area contributed by atoms with E-state index in [0.29, 0.717) is 5.69 Å². The summed E-state index contributed by atoms with van der Waals surface area (Å²) in [5.41, 5.74) is 2.90. The van der Waals surface area contributed by atoms with Crippen LogP contribution < -0.4 is 10.7 Å². The van der Waals surface area contributed by atoms with Crippen molar-refractivity contribution in [3.8, 4) is 0 Å². The summed E-state index contributed by atoms with van der Waals surface area (Å²) in [5.74, 6) is -0.993. The smallest absolute Gasteiger partial charge is 0.333 e. The second-order valence-corrected chi connectivity index (χ2v) is 3.28. The van der Waals surface area contributed by atoms with Gasteiger partial charge < -0.3 is 10.4 Å². The molecule has 8 nitrogen and oxygen atoms in total. The van der Waals surface area contributed by atoms with E-state index in [1.807, 2.05) is 0 Å². The highest BCUT2D eigenvalue weighted by Gasteiger charge is 2.06. The summed E-state index contributed by atoms with van der Waals surface area (Å²) in [4.78, 5) is 21.6. The summed E-state index contributed by atoms with van der Waals surface area (Å²) >= 11 is 0. The van der Waals surface area contributed by atoms with Gasteiger partial charge in [0.1, 0.15) is 6.54 Å². The van der Waals surface area contributed by atoms with Crippen molar-refractivity contribution < 1.29 is 14.7 Å². The van der Waals surface area contributed by atoms with Crippen molar-refractivity contribution in [3.05, 3.63) is 12.4 Å². The standard InChI is InChI=1S/C8H13N5O3/c1-12(2)11-8(16)10-6-3-9-13(4-6)5-7(14)15/h3-4H,5H2,1-2H3,(H,14,15)(H2,10,11,16). The van der Waals surface area contributed by atoms with Gasteiger partial charge in [-0.15, -0.1) is 0 Å². The molecule has 0 spiro atoms. The Morgan fingerprint density at radius 1 is 1.56 bits per heavy atom. The van der Waals surface area contributed by atoms with Gasteiger partial charge in [-0.25, -0.2) is 9.80 Å². The molecule has 3 N–H and O–H groups in total. The number of anilines is 1. The van der Waals surface area contributed by atoms with Crippen molar-refractivity contribution >= 4 is 17.7 Å². The molecule has 1 heterocycles. The van der Waals surface area contributed by atoms with Crippen LogP contribution in [0.25, 0.3) is 0 Å². The van der Waals surface area contributed by atoms with Crippen LogP contribution in [0, 0.1) is 0 Å². The number of hydrazine groups is 1. The van der Waals surface area contributed by atoms with E-state index in [9.17, 15) is 9.59 Å². The molecule has 0 aromatic carbocycles. The van der Waals surface area contributed by atoms with Crippen LogP contribution in [0.3, 0.4) is 0 Å². The molecule has 2 amide bonds. The minimum Gasteiger partial charge on any atom is -0.480 e. The maximum Gasteiger partial charge on any atom is 0.333 e. The van der Waals surface area contributed by atoms with Gasteiger partial charge >= 0.3 is 12.0 Å². The Hall–Kier alpha value is -2.09. The lowest BCUT2D eigenvalue weighted by Crippen LogP contribution is -2.39. The van der Waals surface area contributed by atoms with E-state index < -0.39 is 12.0 Å². The monoisotopic (exact) mass is 227 g/mol. The number of aromatic nitrogens is 2. The first-order chi connectivity index (χ1) is 7.47. The van der Waals surface area contributed by atoms with E-state index >= 15 is 0 Å². The molecule has 0 aliphatic heterocycles. The number of hydrogen-bond donors (Lipinski definition) is 3. The molecule has 1 aromatic heterocycles. The average molecular weight is 227 g/mol. The largest absolute Gasteiger partial charge is 0.480 e. The van der Waals surface area contributed by atoms with Crippen LogP contribution in [-0.4, -0.2) is 46.0 Å². The molecule has 0 aliphatic rings. The Labute approximate surface area is 91.8 Å². The van der Waals surface area contributed by atoms with Gasteiger partial charge in [0, 0.05) is 20.3 Å². The highest BCUT2D eigenvalue weighted by molar-refractivity contribution is 5.88. The fourth-order valence-corrected chi connectivity index (χ4v) is 1.02. The molecule has 1 aromatic rings. The van der Waals surface area contributed by atoms with Gasteiger partial charge in [-0.05, 0) is 0 Å². The van der Waals surface area contributed by atoms with Crippen molar-refractivity contribution in [3.63, 3.8) is 0 Å². The van der Waals surface area contributed by atoms with Gasteiger partial charge in [-0.3, -0.25) is 14.9 Å². The number of carbonyl (C=O) groups excluding carboxylic acids is 1. The van der Waals surface area contributed by atoms with E-state index in [4.69, 9.17) is 5.11 Å². The normalized spacial score (nSPS) is 10.2. The van der Waals surface area contributed by atoms with Crippen LogP contribution in [0.1, 0.15) is 0 Å².